The standard InChI is InChI=1S/C14H9F3N2O4/c15-14(16,17)9-3-1-8(2-4-9)13(21)18-11-7-10(19(22)23)5-6-12(11)20/h1-7,20H,(H,18,21). The summed E-state index contributed by atoms with van der Waals surface area (Å²) in [6, 6.07) is 6.42. The molecule has 0 aliphatic carbocycles. The van der Waals surface area contributed by atoms with Crippen LogP contribution in [0.15, 0.2) is 42.5 Å². The summed E-state index contributed by atoms with van der Waals surface area (Å²) in [7, 11) is 0. The number of alkyl halides is 3. The molecule has 0 saturated carbocycles. The zero-order valence-electron chi connectivity index (χ0n) is 11.3. The highest BCUT2D eigenvalue weighted by atomic mass is 19.4. The molecule has 0 unspecified atom stereocenters. The van der Waals surface area contributed by atoms with Gasteiger partial charge >= 0.3 is 6.18 Å². The quantitative estimate of drug-likeness (QED) is 0.512. The van der Waals surface area contributed by atoms with Crippen LogP contribution in [0.1, 0.15) is 15.9 Å². The molecule has 2 rings (SSSR count). The van der Waals surface area contributed by atoms with Gasteiger partial charge in [0.25, 0.3) is 11.6 Å². The van der Waals surface area contributed by atoms with Crippen molar-refractivity contribution in [3.63, 3.8) is 0 Å². The molecule has 0 spiro atoms. The third-order valence-corrected chi connectivity index (χ3v) is 2.91. The number of benzene rings is 2. The van der Waals surface area contributed by atoms with Crippen molar-refractivity contribution in [1.29, 1.82) is 0 Å². The van der Waals surface area contributed by atoms with Crippen LogP contribution in [0.3, 0.4) is 0 Å². The normalized spacial score (nSPS) is 11.1. The Morgan fingerprint density at radius 1 is 1.13 bits per heavy atom. The van der Waals surface area contributed by atoms with E-state index in [4.69, 9.17) is 0 Å². The van der Waals surface area contributed by atoms with Gasteiger partial charge in [0.15, 0.2) is 0 Å². The minimum Gasteiger partial charge on any atom is -0.506 e. The number of non-ortho nitro benzene ring substituents is 1. The van der Waals surface area contributed by atoms with Gasteiger partial charge in [-0.25, -0.2) is 0 Å². The molecule has 23 heavy (non-hydrogen) atoms. The molecule has 2 N–H and O–H groups in total. The van der Waals surface area contributed by atoms with Gasteiger partial charge < -0.3 is 10.4 Å². The number of halogens is 3. The second kappa shape index (κ2) is 5.95. The lowest BCUT2D eigenvalue weighted by molar-refractivity contribution is -0.384. The molecular weight excluding hydrogens is 317 g/mol. The van der Waals surface area contributed by atoms with Crippen LogP contribution in [-0.2, 0) is 6.18 Å². The van der Waals surface area contributed by atoms with Gasteiger partial charge in [-0.1, -0.05) is 0 Å². The first-order valence-electron chi connectivity index (χ1n) is 6.14. The van der Waals surface area contributed by atoms with Crippen LogP contribution in [-0.4, -0.2) is 15.9 Å². The van der Waals surface area contributed by atoms with Crippen LogP contribution in [0.2, 0.25) is 0 Å². The molecule has 0 aliphatic heterocycles. The van der Waals surface area contributed by atoms with Crippen LogP contribution in [0.5, 0.6) is 5.75 Å². The monoisotopic (exact) mass is 326 g/mol. The Labute approximate surface area is 127 Å². The lowest BCUT2D eigenvalue weighted by Crippen LogP contribution is -2.13. The molecule has 0 heterocycles. The lowest BCUT2D eigenvalue weighted by Gasteiger charge is -2.09. The highest BCUT2D eigenvalue weighted by Crippen LogP contribution is 2.30. The minimum atomic E-state index is -4.52. The molecule has 2 aromatic carbocycles. The van der Waals surface area contributed by atoms with E-state index in [0.29, 0.717) is 0 Å². The molecular formula is C14H9F3N2O4. The summed E-state index contributed by atoms with van der Waals surface area (Å²) in [5.74, 6) is -1.22. The predicted octanol–water partition coefficient (Wildman–Crippen LogP) is 3.57. The molecule has 0 bridgehead atoms. The second-order valence-electron chi connectivity index (χ2n) is 4.49. The van der Waals surface area contributed by atoms with Crippen molar-refractivity contribution in [2.75, 3.05) is 5.32 Å². The number of phenolic OH excluding ortho intramolecular Hbond substituents is 1. The van der Waals surface area contributed by atoms with E-state index >= 15 is 0 Å². The van der Waals surface area contributed by atoms with Crippen molar-refractivity contribution in [3.8, 4) is 5.75 Å². The van der Waals surface area contributed by atoms with Gasteiger partial charge in [-0.05, 0) is 30.3 Å². The van der Waals surface area contributed by atoms with Gasteiger partial charge in [0.1, 0.15) is 5.75 Å². The number of nitrogens with zero attached hydrogens (tertiary/aromatic N) is 1. The number of amides is 1. The molecule has 9 heteroatoms. The smallest absolute Gasteiger partial charge is 0.416 e. The maximum absolute atomic E-state index is 12.4. The van der Waals surface area contributed by atoms with Gasteiger partial charge in [0.05, 0.1) is 16.2 Å². The molecule has 0 aromatic heterocycles. The maximum atomic E-state index is 12.4. The van der Waals surface area contributed by atoms with Crippen molar-refractivity contribution < 1.29 is 28.0 Å². The lowest BCUT2D eigenvalue weighted by atomic mass is 10.1. The molecule has 0 aliphatic rings. The van der Waals surface area contributed by atoms with E-state index in [1.54, 1.807) is 0 Å². The van der Waals surface area contributed by atoms with Crippen molar-refractivity contribution >= 4 is 17.3 Å². The van der Waals surface area contributed by atoms with Crippen molar-refractivity contribution in [2.45, 2.75) is 6.18 Å². The Bertz CT molecular complexity index is 758. The number of nitro groups is 1. The van der Waals surface area contributed by atoms with E-state index in [2.05, 4.69) is 5.32 Å². The van der Waals surface area contributed by atoms with Crippen LogP contribution < -0.4 is 5.32 Å². The number of aromatic hydroxyl groups is 1. The summed E-state index contributed by atoms with van der Waals surface area (Å²) < 4.78 is 37.3. The Kier molecular flexibility index (Phi) is 4.21. The van der Waals surface area contributed by atoms with E-state index in [1.165, 1.54) is 0 Å². The average Bonchev–Trinajstić information content (AvgIpc) is 2.48. The minimum absolute atomic E-state index is 0.0936. The van der Waals surface area contributed by atoms with Gasteiger partial charge in [-0.15, -0.1) is 0 Å². The molecule has 6 nitrogen and oxygen atoms in total. The summed E-state index contributed by atoms with van der Waals surface area (Å²) in [4.78, 5) is 21.9. The predicted molar refractivity (Wildman–Crippen MR) is 74.2 cm³/mol. The SMILES string of the molecule is O=C(Nc1cc([N+](=O)[O-])ccc1O)c1ccc(C(F)(F)F)cc1. The highest BCUT2D eigenvalue weighted by Gasteiger charge is 2.30. The van der Waals surface area contributed by atoms with Crippen LogP contribution in [0.25, 0.3) is 0 Å². The number of phenols is 1. The zero-order chi connectivity index (χ0) is 17.2. The fraction of sp³-hybridized carbons (Fsp3) is 0.0714. The Morgan fingerprint density at radius 2 is 1.74 bits per heavy atom. The van der Waals surface area contributed by atoms with E-state index in [1.807, 2.05) is 0 Å². The van der Waals surface area contributed by atoms with Crippen molar-refractivity contribution in [1.82, 2.24) is 0 Å². The number of nitro benzene ring substituents is 1. The van der Waals surface area contributed by atoms with Gasteiger partial charge in [0.2, 0.25) is 0 Å². The van der Waals surface area contributed by atoms with E-state index < -0.39 is 28.3 Å². The second-order valence-corrected chi connectivity index (χ2v) is 4.49. The molecule has 1 amide bonds. The molecule has 2 aromatic rings. The summed E-state index contributed by atoms with van der Waals surface area (Å²) >= 11 is 0. The van der Waals surface area contributed by atoms with Crippen LogP contribution in [0.4, 0.5) is 24.5 Å². The molecule has 0 saturated heterocycles. The topological polar surface area (TPSA) is 92.5 Å². The number of hydrogen-bond donors (Lipinski definition) is 2. The summed E-state index contributed by atoms with van der Waals surface area (Å²) in [5.41, 5.74) is -1.58. The first-order valence-corrected chi connectivity index (χ1v) is 6.14. The number of carbonyl (C=O) groups excluding carboxylic acids is 1. The van der Waals surface area contributed by atoms with Crippen LogP contribution in [0, 0.1) is 10.1 Å². The fourth-order valence-electron chi connectivity index (χ4n) is 1.74. The number of anilines is 1. The van der Waals surface area contributed by atoms with Crippen molar-refractivity contribution in [2.24, 2.45) is 0 Å². The largest absolute Gasteiger partial charge is 0.506 e. The first-order chi connectivity index (χ1) is 10.7. The first kappa shape index (κ1) is 16.3. The van der Waals surface area contributed by atoms with Gasteiger partial charge in [-0.2, -0.15) is 13.2 Å². The number of hydrogen-bond acceptors (Lipinski definition) is 4. The van der Waals surface area contributed by atoms with E-state index in [-0.39, 0.29) is 16.9 Å². The third-order valence-electron chi connectivity index (χ3n) is 2.91. The molecule has 120 valence electrons. The zero-order valence-corrected chi connectivity index (χ0v) is 11.3. The molecule has 0 radical (unpaired) electrons. The number of nitrogens with one attached hydrogen (secondary N) is 1. The highest BCUT2D eigenvalue weighted by molar-refractivity contribution is 6.05. The van der Waals surface area contributed by atoms with E-state index in [0.717, 1.165) is 42.5 Å². The average molecular weight is 326 g/mol. The molecule has 0 atom stereocenters. The number of rotatable bonds is 3. The van der Waals surface area contributed by atoms with Crippen LogP contribution >= 0.6 is 0 Å². The van der Waals surface area contributed by atoms with Crippen molar-refractivity contribution in [3.05, 3.63) is 63.7 Å². The summed E-state index contributed by atoms with van der Waals surface area (Å²) in [6.45, 7) is 0. The summed E-state index contributed by atoms with van der Waals surface area (Å²) in [5, 5.41) is 22.4. The third kappa shape index (κ3) is 3.76. The Balaban J connectivity index is 2.22. The Morgan fingerprint density at radius 3 is 2.26 bits per heavy atom. The molecule has 0 fully saturated rings. The maximum Gasteiger partial charge on any atom is 0.416 e. The van der Waals surface area contributed by atoms with Gasteiger partial charge in [0, 0.05) is 17.7 Å². The Hall–Kier alpha value is -3.10. The summed E-state index contributed by atoms with van der Waals surface area (Å²) in [6.07, 6.45) is -4.52. The van der Waals surface area contributed by atoms with E-state index in [9.17, 15) is 33.2 Å². The van der Waals surface area contributed by atoms with Gasteiger partial charge in [-0.3, -0.25) is 14.9 Å². The number of carbonyl (C=O) groups is 1. The fourth-order valence-corrected chi connectivity index (χ4v) is 1.74.